The van der Waals surface area contributed by atoms with Gasteiger partial charge in [-0.15, -0.1) is 11.8 Å². The summed E-state index contributed by atoms with van der Waals surface area (Å²) in [6.07, 6.45) is 0.876. The van der Waals surface area contributed by atoms with Gasteiger partial charge in [0.15, 0.2) is 0 Å². The molecular formula is C17H31N5O2S. The van der Waals surface area contributed by atoms with Crippen LogP contribution in [0.2, 0.25) is 0 Å². The Bertz CT molecular complexity index is 523. The molecule has 3 aliphatic heterocycles. The lowest BCUT2D eigenvalue weighted by molar-refractivity contribution is -0.134. The molecule has 1 spiro atoms. The lowest BCUT2D eigenvalue weighted by atomic mass is 10.0. The lowest BCUT2D eigenvalue weighted by Crippen LogP contribution is -2.55. The zero-order valence-electron chi connectivity index (χ0n) is 15.5. The molecule has 0 aromatic heterocycles. The zero-order chi connectivity index (χ0) is 18.2. The topological polar surface area (TPSA) is 81.9 Å². The highest BCUT2D eigenvalue weighted by atomic mass is 32.2. The van der Waals surface area contributed by atoms with Crippen LogP contribution in [-0.2, 0) is 9.59 Å². The molecule has 0 aromatic carbocycles. The number of nitrogens with one attached hydrogen (secondary N) is 1. The summed E-state index contributed by atoms with van der Waals surface area (Å²) < 4.78 is 0. The SMILES string of the molecule is CC(C)[C@H](N)C(=O)N1CCC2(C1)N[C@H](C(=O)N1CCN(C)CC1)CS2. The first-order valence-corrected chi connectivity index (χ1v) is 10.2. The molecule has 142 valence electrons. The molecule has 0 aromatic rings. The molecular weight excluding hydrogens is 338 g/mol. The van der Waals surface area contributed by atoms with Crippen LogP contribution in [0.15, 0.2) is 0 Å². The lowest BCUT2D eigenvalue weighted by Gasteiger charge is -2.34. The van der Waals surface area contributed by atoms with E-state index >= 15 is 0 Å². The van der Waals surface area contributed by atoms with Gasteiger partial charge in [-0.25, -0.2) is 0 Å². The van der Waals surface area contributed by atoms with Crippen LogP contribution in [0.1, 0.15) is 20.3 Å². The van der Waals surface area contributed by atoms with E-state index in [0.29, 0.717) is 13.1 Å². The van der Waals surface area contributed by atoms with Crippen LogP contribution in [0.3, 0.4) is 0 Å². The van der Waals surface area contributed by atoms with Gasteiger partial charge in [-0.05, 0) is 19.4 Å². The van der Waals surface area contributed by atoms with E-state index in [4.69, 9.17) is 5.73 Å². The third-order valence-corrected chi connectivity index (χ3v) is 7.13. The first-order chi connectivity index (χ1) is 11.8. The Kier molecular flexibility index (Phi) is 5.63. The van der Waals surface area contributed by atoms with Crippen molar-refractivity contribution in [2.24, 2.45) is 11.7 Å². The fourth-order valence-electron chi connectivity index (χ4n) is 3.73. The third kappa shape index (κ3) is 3.97. The fourth-order valence-corrected chi connectivity index (χ4v) is 5.15. The van der Waals surface area contributed by atoms with Crippen LogP contribution in [0, 0.1) is 5.92 Å². The van der Waals surface area contributed by atoms with E-state index in [2.05, 4.69) is 17.3 Å². The number of likely N-dealkylation sites (N-methyl/N-ethyl adjacent to an activating group) is 1. The molecule has 3 N–H and O–H groups in total. The van der Waals surface area contributed by atoms with E-state index in [1.165, 1.54) is 0 Å². The highest BCUT2D eigenvalue weighted by molar-refractivity contribution is 8.01. The second kappa shape index (κ2) is 7.42. The van der Waals surface area contributed by atoms with E-state index in [9.17, 15) is 9.59 Å². The van der Waals surface area contributed by atoms with Gasteiger partial charge in [-0.1, -0.05) is 13.8 Å². The maximum absolute atomic E-state index is 12.8. The molecule has 3 fully saturated rings. The Morgan fingerprint density at radius 2 is 1.84 bits per heavy atom. The fraction of sp³-hybridized carbons (Fsp3) is 0.882. The van der Waals surface area contributed by atoms with Crippen molar-refractivity contribution in [2.75, 3.05) is 52.1 Å². The van der Waals surface area contributed by atoms with Gasteiger partial charge in [0.2, 0.25) is 11.8 Å². The Labute approximate surface area is 154 Å². The van der Waals surface area contributed by atoms with Crippen molar-refractivity contribution in [3.8, 4) is 0 Å². The molecule has 1 unspecified atom stereocenters. The molecule has 3 saturated heterocycles. The third-order valence-electron chi connectivity index (χ3n) is 5.62. The second-order valence-electron chi connectivity index (χ2n) is 7.91. The Morgan fingerprint density at radius 3 is 2.48 bits per heavy atom. The molecule has 0 radical (unpaired) electrons. The Balaban J connectivity index is 1.56. The first kappa shape index (κ1) is 18.9. The summed E-state index contributed by atoms with van der Waals surface area (Å²) >= 11 is 1.79. The Hall–Kier alpha value is -0.830. The van der Waals surface area contributed by atoms with Gasteiger partial charge in [0.05, 0.1) is 17.0 Å². The number of hydrogen-bond donors (Lipinski definition) is 2. The van der Waals surface area contributed by atoms with Gasteiger partial charge in [-0.2, -0.15) is 0 Å². The van der Waals surface area contributed by atoms with Crippen molar-refractivity contribution in [3.05, 3.63) is 0 Å². The maximum atomic E-state index is 12.8. The van der Waals surface area contributed by atoms with E-state index in [1.807, 2.05) is 23.6 Å². The molecule has 8 heteroatoms. The van der Waals surface area contributed by atoms with Crippen LogP contribution in [0.4, 0.5) is 0 Å². The number of hydrogen-bond acceptors (Lipinski definition) is 6. The summed E-state index contributed by atoms with van der Waals surface area (Å²) in [5.41, 5.74) is 6.03. The van der Waals surface area contributed by atoms with E-state index in [-0.39, 0.29) is 28.6 Å². The molecule has 7 nitrogen and oxygen atoms in total. The summed E-state index contributed by atoms with van der Waals surface area (Å²) in [7, 11) is 2.09. The molecule has 3 aliphatic rings. The van der Waals surface area contributed by atoms with Gasteiger partial charge >= 0.3 is 0 Å². The minimum Gasteiger partial charge on any atom is -0.339 e. The van der Waals surface area contributed by atoms with Crippen LogP contribution in [0.25, 0.3) is 0 Å². The number of carbonyl (C=O) groups excluding carboxylic acids is 2. The average molecular weight is 370 g/mol. The molecule has 0 bridgehead atoms. The summed E-state index contributed by atoms with van der Waals surface area (Å²) in [6.45, 7) is 8.79. The van der Waals surface area contributed by atoms with Gasteiger partial charge in [-0.3, -0.25) is 14.9 Å². The van der Waals surface area contributed by atoms with Crippen molar-refractivity contribution >= 4 is 23.6 Å². The first-order valence-electron chi connectivity index (χ1n) is 9.25. The van der Waals surface area contributed by atoms with Gasteiger partial charge in [0.25, 0.3) is 0 Å². The maximum Gasteiger partial charge on any atom is 0.240 e. The number of likely N-dealkylation sites (tertiary alicyclic amines) is 1. The number of nitrogens with two attached hydrogens (primary N) is 1. The van der Waals surface area contributed by atoms with E-state index in [0.717, 1.165) is 38.4 Å². The van der Waals surface area contributed by atoms with Crippen molar-refractivity contribution in [1.29, 1.82) is 0 Å². The Morgan fingerprint density at radius 1 is 1.16 bits per heavy atom. The number of thioether (sulfide) groups is 1. The van der Waals surface area contributed by atoms with E-state index in [1.54, 1.807) is 11.8 Å². The monoisotopic (exact) mass is 369 g/mol. The number of rotatable bonds is 3. The van der Waals surface area contributed by atoms with Crippen LogP contribution in [-0.4, -0.2) is 95.5 Å². The van der Waals surface area contributed by atoms with Crippen molar-refractivity contribution < 1.29 is 9.59 Å². The summed E-state index contributed by atoms with van der Waals surface area (Å²) in [6, 6.07) is -0.577. The molecule has 2 amide bonds. The smallest absolute Gasteiger partial charge is 0.240 e. The zero-order valence-corrected chi connectivity index (χ0v) is 16.3. The van der Waals surface area contributed by atoms with Crippen LogP contribution in [0.5, 0.6) is 0 Å². The number of carbonyl (C=O) groups is 2. The molecule has 25 heavy (non-hydrogen) atoms. The summed E-state index contributed by atoms with van der Waals surface area (Å²) in [5.74, 6) is 1.16. The highest BCUT2D eigenvalue weighted by Crippen LogP contribution is 2.39. The highest BCUT2D eigenvalue weighted by Gasteiger charge is 2.48. The van der Waals surface area contributed by atoms with Gasteiger partial charge in [0.1, 0.15) is 0 Å². The van der Waals surface area contributed by atoms with Gasteiger partial charge in [0, 0.05) is 45.0 Å². The van der Waals surface area contributed by atoms with Crippen molar-refractivity contribution in [2.45, 2.75) is 37.2 Å². The largest absolute Gasteiger partial charge is 0.339 e. The normalized spacial score (nSPS) is 32.0. The molecule has 3 heterocycles. The molecule has 0 aliphatic carbocycles. The average Bonchev–Trinajstić information content (AvgIpc) is 3.21. The molecule has 3 atom stereocenters. The van der Waals surface area contributed by atoms with Crippen LogP contribution >= 0.6 is 11.8 Å². The standard InChI is InChI=1S/C17H31N5O2S/c1-12(2)14(18)16(24)22-5-4-17(11-22)19-13(10-25-17)15(23)21-8-6-20(3)7-9-21/h12-14,19H,4-11,18H2,1-3H3/t13-,14-,17?/m0/s1. The minimum absolute atomic E-state index is 0.0307. The van der Waals surface area contributed by atoms with Gasteiger partial charge < -0.3 is 20.4 Å². The minimum atomic E-state index is -0.440. The number of amides is 2. The van der Waals surface area contributed by atoms with Crippen molar-refractivity contribution in [1.82, 2.24) is 20.0 Å². The summed E-state index contributed by atoms with van der Waals surface area (Å²) in [5, 5.41) is 3.55. The molecule has 3 rings (SSSR count). The number of piperazine rings is 1. The summed E-state index contributed by atoms with van der Waals surface area (Å²) in [4.78, 5) is 31.2. The van der Waals surface area contributed by atoms with Crippen molar-refractivity contribution in [3.63, 3.8) is 0 Å². The number of nitrogens with zero attached hydrogens (tertiary/aromatic N) is 3. The predicted molar refractivity (Wildman–Crippen MR) is 100 cm³/mol. The predicted octanol–water partition coefficient (Wildman–Crippen LogP) is -0.623. The van der Waals surface area contributed by atoms with Crippen LogP contribution < -0.4 is 11.1 Å². The van der Waals surface area contributed by atoms with E-state index < -0.39 is 6.04 Å². The molecule has 0 saturated carbocycles. The quantitative estimate of drug-likeness (QED) is 0.690. The second-order valence-corrected chi connectivity index (χ2v) is 9.31.